The van der Waals surface area contributed by atoms with Crippen LogP contribution in [0.3, 0.4) is 0 Å². The van der Waals surface area contributed by atoms with Crippen molar-refractivity contribution in [3.63, 3.8) is 0 Å². The Hall–Kier alpha value is -3.92. The van der Waals surface area contributed by atoms with E-state index >= 15 is 0 Å². The highest BCUT2D eigenvalue weighted by molar-refractivity contribution is 9.10. The Morgan fingerprint density at radius 2 is 1.92 bits per heavy atom. The quantitative estimate of drug-likeness (QED) is 0.289. The molecule has 0 unspecified atom stereocenters. The number of aromatic nitrogens is 7. The Morgan fingerprint density at radius 1 is 1.08 bits per heavy atom. The summed E-state index contributed by atoms with van der Waals surface area (Å²) in [6.45, 7) is 2.48. The van der Waals surface area contributed by atoms with E-state index in [1.54, 1.807) is 29.1 Å². The van der Waals surface area contributed by atoms with E-state index in [1.807, 2.05) is 36.4 Å². The van der Waals surface area contributed by atoms with Gasteiger partial charge in [0, 0.05) is 33.7 Å². The molecule has 0 saturated heterocycles. The second-order valence-corrected chi connectivity index (χ2v) is 9.23. The maximum absolute atomic E-state index is 14.7. The van der Waals surface area contributed by atoms with Crippen molar-refractivity contribution in [2.45, 2.75) is 32.7 Å². The van der Waals surface area contributed by atoms with E-state index in [9.17, 15) is 9.18 Å². The summed E-state index contributed by atoms with van der Waals surface area (Å²) in [6, 6.07) is 16.3. The van der Waals surface area contributed by atoms with Gasteiger partial charge < -0.3 is 0 Å². The molecule has 2 aromatic carbocycles. The summed E-state index contributed by atoms with van der Waals surface area (Å²) in [5, 5.41) is 14.1. The number of para-hydroxylation sites is 1. The van der Waals surface area contributed by atoms with Crippen LogP contribution in [-0.4, -0.2) is 34.7 Å². The van der Waals surface area contributed by atoms with Gasteiger partial charge in [-0.3, -0.25) is 14.1 Å². The number of rotatable bonds is 8. The van der Waals surface area contributed by atoms with Crippen molar-refractivity contribution < 1.29 is 4.39 Å². The van der Waals surface area contributed by atoms with Gasteiger partial charge in [0.15, 0.2) is 5.82 Å². The Balaban J connectivity index is 1.49. The average Bonchev–Trinajstić information content (AvgIpc) is 3.53. The fraction of sp³-hybridized carbons (Fsp3) is 0.192. The van der Waals surface area contributed by atoms with Gasteiger partial charge >= 0.3 is 5.69 Å². The smallest absolute Gasteiger partial charge is 0.292 e. The normalized spacial score (nSPS) is 11.2. The second-order valence-electron chi connectivity index (χ2n) is 8.38. The van der Waals surface area contributed by atoms with E-state index in [0.29, 0.717) is 16.8 Å². The highest BCUT2D eigenvalue weighted by Gasteiger charge is 2.18. The largest absolute Gasteiger partial charge is 0.333 e. The molecule has 0 aliphatic heterocycles. The number of imidazole rings is 1. The molecule has 1 N–H and O–H groups in total. The van der Waals surface area contributed by atoms with E-state index in [-0.39, 0.29) is 11.4 Å². The van der Waals surface area contributed by atoms with Gasteiger partial charge in [-0.25, -0.2) is 14.3 Å². The van der Waals surface area contributed by atoms with Gasteiger partial charge in [0.25, 0.3) is 0 Å². The van der Waals surface area contributed by atoms with Gasteiger partial charge in [-0.2, -0.15) is 0 Å². The molecule has 0 atom stereocenters. The van der Waals surface area contributed by atoms with E-state index < -0.39 is 5.82 Å². The molecule has 10 heteroatoms. The molecule has 182 valence electrons. The molecule has 0 aliphatic carbocycles. The molecule has 8 nitrogen and oxygen atoms in total. The third kappa shape index (κ3) is 4.64. The third-order valence-electron chi connectivity index (χ3n) is 6.00. The van der Waals surface area contributed by atoms with Crippen LogP contribution in [0.2, 0.25) is 0 Å². The predicted molar refractivity (Wildman–Crippen MR) is 138 cm³/mol. The first-order valence-corrected chi connectivity index (χ1v) is 12.4. The van der Waals surface area contributed by atoms with Crippen molar-refractivity contribution in [2.75, 3.05) is 0 Å². The summed E-state index contributed by atoms with van der Waals surface area (Å²) in [6.07, 6.45) is 6.12. The molecule has 0 spiro atoms. The topological polar surface area (TPSA) is 94.3 Å². The van der Waals surface area contributed by atoms with Crippen LogP contribution in [0.1, 0.15) is 31.0 Å². The molecule has 5 rings (SSSR count). The van der Waals surface area contributed by atoms with Crippen molar-refractivity contribution >= 4 is 15.9 Å². The minimum atomic E-state index is -0.455. The van der Waals surface area contributed by atoms with E-state index in [2.05, 4.69) is 48.5 Å². The number of aromatic amines is 1. The van der Waals surface area contributed by atoms with Gasteiger partial charge in [-0.1, -0.05) is 43.7 Å². The average molecular weight is 548 g/mol. The highest BCUT2D eigenvalue weighted by atomic mass is 79.9. The molecule has 0 aliphatic rings. The zero-order chi connectivity index (χ0) is 25.1. The fourth-order valence-electron chi connectivity index (χ4n) is 4.18. The first-order chi connectivity index (χ1) is 17.6. The monoisotopic (exact) mass is 547 g/mol. The molecule has 0 saturated carbocycles. The van der Waals surface area contributed by atoms with Gasteiger partial charge in [-0.15, -0.1) is 5.10 Å². The molecule has 0 bridgehead atoms. The van der Waals surface area contributed by atoms with Crippen LogP contribution in [0.5, 0.6) is 0 Å². The predicted octanol–water partition coefficient (Wildman–Crippen LogP) is 5.17. The molecule has 36 heavy (non-hydrogen) atoms. The maximum Gasteiger partial charge on any atom is 0.333 e. The van der Waals surface area contributed by atoms with E-state index in [1.165, 1.54) is 10.6 Å². The third-order valence-corrected chi connectivity index (χ3v) is 6.64. The zero-order valence-corrected chi connectivity index (χ0v) is 21.1. The van der Waals surface area contributed by atoms with Crippen molar-refractivity contribution in [1.82, 2.24) is 34.7 Å². The lowest BCUT2D eigenvalue weighted by molar-refractivity contribution is 0.611. The minimum absolute atomic E-state index is 0.221. The molecule has 0 amide bonds. The summed E-state index contributed by atoms with van der Waals surface area (Å²) in [5.74, 6) is 0.0816. The summed E-state index contributed by atoms with van der Waals surface area (Å²) in [5.41, 5.74) is 4.20. The summed E-state index contributed by atoms with van der Waals surface area (Å²) >= 11 is 3.39. The summed E-state index contributed by atoms with van der Waals surface area (Å²) < 4.78 is 18.3. The van der Waals surface area contributed by atoms with Crippen LogP contribution in [0.25, 0.3) is 28.3 Å². The molecular weight excluding hydrogens is 525 g/mol. The van der Waals surface area contributed by atoms with Crippen molar-refractivity contribution in [3.8, 4) is 28.3 Å². The van der Waals surface area contributed by atoms with Gasteiger partial charge in [-0.05, 0) is 69.0 Å². The van der Waals surface area contributed by atoms with Crippen molar-refractivity contribution in [1.29, 1.82) is 0 Å². The van der Waals surface area contributed by atoms with Crippen LogP contribution in [-0.2, 0) is 13.0 Å². The number of nitrogens with zero attached hydrogens (tertiary/aromatic N) is 6. The van der Waals surface area contributed by atoms with Crippen LogP contribution < -0.4 is 5.69 Å². The van der Waals surface area contributed by atoms with Gasteiger partial charge in [0.05, 0.1) is 12.2 Å². The number of hydrogen-bond acceptors (Lipinski definition) is 5. The van der Waals surface area contributed by atoms with E-state index in [4.69, 9.17) is 0 Å². The lowest BCUT2D eigenvalue weighted by atomic mass is 10.0. The second kappa shape index (κ2) is 10.4. The Kier molecular flexibility index (Phi) is 6.86. The van der Waals surface area contributed by atoms with Crippen molar-refractivity contribution in [2.24, 2.45) is 0 Å². The van der Waals surface area contributed by atoms with Crippen LogP contribution in [0.4, 0.5) is 4.39 Å². The fourth-order valence-corrected chi connectivity index (χ4v) is 4.72. The zero-order valence-electron chi connectivity index (χ0n) is 19.5. The molecule has 3 heterocycles. The molecule has 0 radical (unpaired) electrons. The molecule has 0 fully saturated rings. The first kappa shape index (κ1) is 23.8. The number of aryl methyl sites for hydroxylation is 1. The Bertz CT molecular complexity index is 1520. The van der Waals surface area contributed by atoms with Crippen LogP contribution in [0, 0.1) is 5.82 Å². The summed E-state index contributed by atoms with van der Waals surface area (Å²) in [7, 11) is 0. The lowest BCUT2D eigenvalue weighted by Gasteiger charge is -2.09. The van der Waals surface area contributed by atoms with Gasteiger partial charge in [0.1, 0.15) is 11.5 Å². The van der Waals surface area contributed by atoms with Crippen LogP contribution in [0.15, 0.2) is 76.3 Å². The Labute approximate surface area is 215 Å². The number of halogens is 2. The molecule has 5 aromatic rings. The van der Waals surface area contributed by atoms with Crippen molar-refractivity contribution in [3.05, 3.63) is 99.0 Å². The molecule has 3 aromatic heterocycles. The molecular formula is C26H23BrFN7O. The Morgan fingerprint density at radius 3 is 2.64 bits per heavy atom. The standard InChI is InChI=1S/C26H23BrFN7O/c1-2-3-6-19-16-35(24-21(27)8-4-9-22(24)28)26(36)34(19)15-17-10-12-18(13-11-17)23-20(7-5-14-29-23)25-30-32-33-31-25/h4-5,7-14,16H,2-3,6,15H2,1H3,(H,30,31,32,33). The summed E-state index contributed by atoms with van der Waals surface area (Å²) in [4.78, 5) is 18.0. The highest BCUT2D eigenvalue weighted by Crippen LogP contribution is 2.28. The number of hydrogen-bond donors (Lipinski definition) is 1. The number of benzene rings is 2. The lowest BCUT2D eigenvalue weighted by Crippen LogP contribution is -2.25. The number of tetrazole rings is 1. The van der Waals surface area contributed by atoms with E-state index in [0.717, 1.165) is 47.3 Å². The number of unbranched alkanes of at least 4 members (excludes halogenated alkanes) is 1. The number of H-pyrrole nitrogens is 1. The number of nitrogens with one attached hydrogen (secondary N) is 1. The van der Waals surface area contributed by atoms with Gasteiger partial charge in [0.2, 0.25) is 0 Å². The minimum Gasteiger partial charge on any atom is -0.292 e. The first-order valence-electron chi connectivity index (χ1n) is 11.6. The number of pyridine rings is 1. The maximum atomic E-state index is 14.7. The van der Waals surface area contributed by atoms with Crippen LogP contribution >= 0.6 is 15.9 Å². The SMILES string of the molecule is CCCCc1cn(-c2c(F)cccc2Br)c(=O)n1Cc1ccc(-c2ncccc2-c2nnn[nH]2)cc1.